The zero-order chi connectivity index (χ0) is 11.5. The minimum atomic E-state index is 0.608. The summed E-state index contributed by atoms with van der Waals surface area (Å²) in [5, 5.41) is 7.42. The molecule has 4 nitrogen and oxygen atoms in total. The van der Waals surface area contributed by atoms with Gasteiger partial charge < -0.3 is 14.7 Å². The Hall–Kier alpha value is -1.03. The van der Waals surface area contributed by atoms with Crippen LogP contribution in [-0.2, 0) is 0 Å². The van der Waals surface area contributed by atoms with E-state index < -0.39 is 0 Å². The Morgan fingerprint density at radius 3 is 2.71 bits per heavy atom. The van der Waals surface area contributed by atoms with Crippen LogP contribution in [0.25, 0.3) is 0 Å². The van der Waals surface area contributed by atoms with E-state index in [0.29, 0.717) is 5.92 Å². The first-order valence-corrected chi connectivity index (χ1v) is 6.85. The molecule has 2 fully saturated rings. The number of hydrogen-bond donors (Lipinski definition) is 1. The van der Waals surface area contributed by atoms with E-state index in [4.69, 9.17) is 4.52 Å². The maximum absolute atomic E-state index is 5.55. The minimum Gasteiger partial charge on any atom is -0.365 e. The summed E-state index contributed by atoms with van der Waals surface area (Å²) in [6.45, 7) is 4.27. The Balaban J connectivity index is 1.77. The van der Waals surface area contributed by atoms with Crippen LogP contribution in [0.4, 0.5) is 5.69 Å². The third kappa shape index (κ3) is 2.32. The van der Waals surface area contributed by atoms with Gasteiger partial charge in [-0.05, 0) is 12.8 Å². The van der Waals surface area contributed by atoms with Crippen LogP contribution in [0.3, 0.4) is 0 Å². The molecular weight excluding hydrogens is 214 g/mol. The average molecular weight is 235 g/mol. The van der Waals surface area contributed by atoms with Crippen molar-refractivity contribution in [3.8, 4) is 0 Å². The topological polar surface area (TPSA) is 41.3 Å². The molecule has 1 aromatic heterocycles. The molecule has 0 unspecified atom stereocenters. The van der Waals surface area contributed by atoms with Crippen LogP contribution in [0.2, 0.25) is 0 Å². The molecule has 4 heteroatoms. The number of rotatable bonds is 2. The molecule has 0 amide bonds. The zero-order valence-corrected chi connectivity index (χ0v) is 10.3. The standard InChI is InChI=1S/C13H21N3O/c1-2-4-11(5-3-1)13-12(10-15-17-13)16-8-6-14-7-9-16/h10-11,14H,1-9H2. The quantitative estimate of drug-likeness (QED) is 0.852. The summed E-state index contributed by atoms with van der Waals surface area (Å²) >= 11 is 0. The largest absolute Gasteiger partial charge is 0.365 e. The van der Waals surface area contributed by atoms with Gasteiger partial charge in [0.25, 0.3) is 0 Å². The Morgan fingerprint density at radius 2 is 1.94 bits per heavy atom. The molecule has 3 rings (SSSR count). The minimum absolute atomic E-state index is 0.608. The summed E-state index contributed by atoms with van der Waals surface area (Å²) in [6.07, 6.45) is 8.52. The number of anilines is 1. The highest BCUT2D eigenvalue weighted by Gasteiger charge is 2.25. The summed E-state index contributed by atoms with van der Waals surface area (Å²) in [7, 11) is 0. The second-order valence-electron chi connectivity index (χ2n) is 5.15. The smallest absolute Gasteiger partial charge is 0.163 e. The molecule has 2 heterocycles. The van der Waals surface area contributed by atoms with Crippen LogP contribution >= 0.6 is 0 Å². The van der Waals surface area contributed by atoms with Crippen LogP contribution in [0, 0.1) is 0 Å². The van der Waals surface area contributed by atoms with Crippen molar-refractivity contribution in [1.29, 1.82) is 0 Å². The molecule has 0 atom stereocenters. The fourth-order valence-corrected chi connectivity index (χ4v) is 3.04. The van der Waals surface area contributed by atoms with Gasteiger partial charge in [0, 0.05) is 32.1 Å². The first-order chi connectivity index (χ1) is 8.45. The van der Waals surface area contributed by atoms with Crippen LogP contribution in [-0.4, -0.2) is 31.3 Å². The SMILES string of the molecule is c1noc(C2CCCCC2)c1N1CCNCC1. The van der Waals surface area contributed by atoms with Crippen molar-refractivity contribution in [2.45, 2.75) is 38.0 Å². The third-order valence-electron chi connectivity index (χ3n) is 4.01. The highest BCUT2D eigenvalue weighted by atomic mass is 16.5. The van der Waals surface area contributed by atoms with Crippen molar-refractivity contribution >= 4 is 5.69 Å². The van der Waals surface area contributed by atoms with Gasteiger partial charge >= 0.3 is 0 Å². The molecule has 17 heavy (non-hydrogen) atoms. The normalized spacial score (nSPS) is 22.9. The first kappa shape index (κ1) is 11.1. The Morgan fingerprint density at radius 1 is 1.18 bits per heavy atom. The summed E-state index contributed by atoms with van der Waals surface area (Å²) in [5.41, 5.74) is 1.25. The van der Waals surface area contributed by atoms with E-state index in [2.05, 4.69) is 15.4 Å². The van der Waals surface area contributed by atoms with Gasteiger partial charge in [0.2, 0.25) is 0 Å². The maximum Gasteiger partial charge on any atom is 0.163 e. The van der Waals surface area contributed by atoms with E-state index in [1.807, 2.05) is 6.20 Å². The first-order valence-electron chi connectivity index (χ1n) is 6.85. The van der Waals surface area contributed by atoms with Crippen molar-refractivity contribution in [2.24, 2.45) is 0 Å². The molecule has 1 aliphatic carbocycles. The molecule has 1 saturated carbocycles. The lowest BCUT2D eigenvalue weighted by atomic mass is 9.87. The van der Waals surface area contributed by atoms with Crippen molar-refractivity contribution in [2.75, 3.05) is 31.1 Å². The number of nitrogens with one attached hydrogen (secondary N) is 1. The van der Waals surface area contributed by atoms with Crippen molar-refractivity contribution < 1.29 is 4.52 Å². The van der Waals surface area contributed by atoms with Crippen LogP contribution in [0.5, 0.6) is 0 Å². The predicted octanol–water partition coefficient (Wildman–Crippen LogP) is 2.13. The fraction of sp³-hybridized carbons (Fsp3) is 0.769. The molecule has 1 N–H and O–H groups in total. The summed E-state index contributed by atoms with van der Waals surface area (Å²) in [6, 6.07) is 0. The van der Waals surface area contributed by atoms with Crippen molar-refractivity contribution in [3.05, 3.63) is 12.0 Å². The second-order valence-corrected chi connectivity index (χ2v) is 5.15. The highest BCUT2D eigenvalue weighted by Crippen LogP contribution is 2.37. The lowest BCUT2D eigenvalue weighted by Gasteiger charge is -2.30. The Kier molecular flexibility index (Phi) is 3.31. The molecule has 2 aliphatic rings. The van der Waals surface area contributed by atoms with E-state index in [1.54, 1.807) is 0 Å². The van der Waals surface area contributed by atoms with Crippen LogP contribution < -0.4 is 10.2 Å². The molecular formula is C13H21N3O. The van der Waals surface area contributed by atoms with E-state index in [-0.39, 0.29) is 0 Å². The van der Waals surface area contributed by atoms with Crippen LogP contribution in [0.15, 0.2) is 10.7 Å². The lowest BCUT2D eigenvalue weighted by Crippen LogP contribution is -2.43. The van der Waals surface area contributed by atoms with Gasteiger partial charge in [0.15, 0.2) is 5.76 Å². The summed E-state index contributed by atoms with van der Waals surface area (Å²) in [4.78, 5) is 2.41. The third-order valence-corrected chi connectivity index (χ3v) is 4.01. The molecule has 1 aliphatic heterocycles. The predicted molar refractivity (Wildman–Crippen MR) is 67.4 cm³/mol. The average Bonchev–Trinajstić information content (AvgIpc) is 2.90. The monoisotopic (exact) mass is 235 g/mol. The second kappa shape index (κ2) is 5.08. The molecule has 94 valence electrons. The molecule has 1 saturated heterocycles. The van der Waals surface area contributed by atoms with Gasteiger partial charge in [-0.1, -0.05) is 24.4 Å². The summed E-state index contributed by atoms with van der Waals surface area (Å²) in [5.74, 6) is 1.75. The van der Waals surface area contributed by atoms with E-state index >= 15 is 0 Å². The zero-order valence-electron chi connectivity index (χ0n) is 10.3. The van der Waals surface area contributed by atoms with E-state index in [9.17, 15) is 0 Å². The number of hydrogen-bond acceptors (Lipinski definition) is 4. The molecule has 0 aromatic carbocycles. The van der Waals surface area contributed by atoms with Crippen molar-refractivity contribution in [3.63, 3.8) is 0 Å². The van der Waals surface area contributed by atoms with Gasteiger partial charge in [-0.3, -0.25) is 0 Å². The van der Waals surface area contributed by atoms with Gasteiger partial charge in [-0.25, -0.2) is 0 Å². The van der Waals surface area contributed by atoms with Gasteiger partial charge in [-0.2, -0.15) is 0 Å². The van der Waals surface area contributed by atoms with E-state index in [0.717, 1.165) is 31.9 Å². The highest BCUT2D eigenvalue weighted by molar-refractivity contribution is 5.49. The molecule has 0 bridgehead atoms. The van der Waals surface area contributed by atoms with Crippen LogP contribution in [0.1, 0.15) is 43.8 Å². The van der Waals surface area contributed by atoms with Gasteiger partial charge in [0.1, 0.15) is 5.69 Å². The van der Waals surface area contributed by atoms with E-state index in [1.165, 1.54) is 37.8 Å². The molecule has 0 radical (unpaired) electrons. The number of piperazine rings is 1. The van der Waals surface area contributed by atoms with Gasteiger partial charge in [0.05, 0.1) is 6.20 Å². The fourth-order valence-electron chi connectivity index (χ4n) is 3.04. The Bertz CT molecular complexity index is 319. The molecule has 1 aromatic rings. The van der Waals surface area contributed by atoms with Crippen molar-refractivity contribution in [1.82, 2.24) is 10.5 Å². The summed E-state index contributed by atoms with van der Waals surface area (Å²) < 4.78 is 5.55. The number of nitrogens with zero attached hydrogens (tertiary/aromatic N) is 2. The molecule has 0 spiro atoms. The Labute approximate surface area is 102 Å². The number of aromatic nitrogens is 1. The lowest BCUT2D eigenvalue weighted by molar-refractivity contribution is 0.321. The maximum atomic E-state index is 5.55. The van der Waals surface area contributed by atoms with Gasteiger partial charge in [-0.15, -0.1) is 0 Å².